The fraction of sp³-hybridized carbons (Fsp3) is 0.600. The molecule has 2 heteroatoms. The Labute approximate surface area is 73.7 Å². The summed E-state index contributed by atoms with van der Waals surface area (Å²) in [7, 11) is 0. The van der Waals surface area contributed by atoms with Crippen LogP contribution < -0.4 is 0 Å². The summed E-state index contributed by atoms with van der Waals surface area (Å²) in [5.74, 6) is 0.0874. The molecule has 0 aliphatic carbocycles. The number of carbonyl (C=O) groups is 2. The third kappa shape index (κ3) is 4.83. The molecule has 0 rings (SSSR count). The number of hydrogen-bond acceptors (Lipinski definition) is 2. The average Bonchev–Trinajstić information content (AvgIpc) is 1.85. The first-order valence-corrected chi connectivity index (χ1v) is 4.11. The van der Waals surface area contributed by atoms with E-state index in [-0.39, 0.29) is 11.2 Å². The number of hydrogen-bond donors (Lipinski definition) is 0. The lowest BCUT2D eigenvalue weighted by molar-refractivity contribution is -0.117. The lowest BCUT2D eigenvalue weighted by atomic mass is 9.84. The van der Waals surface area contributed by atoms with Gasteiger partial charge in [0.1, 0.15) is 6.29 Å². The van der Waals surface area contributed by atoms with Crippen molar-refractivity contribution in [2.24, 2.45) is 5.41 Å². The molecule has 0 aromatic carbocycles. The molecule has 0 saturated carbocycles. The van der Waals surface area contributed by atoms with Crippen molar-refractivity contribution in [1.29, 1.82) is 0 Å². The van der Waals surface area contributed by atoms with Crippen LogP contribution in [-0.2, 0) is 9.59 Å². The Morgan fingerprint density at radius 3 is 2.42 bits per heavy atom. The second kappa shape index (κ2) is 4.86. The normalized spacial score (nSPS) is 11.9. The van der Waals surface area contributed by atoms with Crippen LogP contribution in [0.5, 0.6) is 0 Å². The predicted octanol–water partition coefficient (Wildman–Crippen LogP) is 2.14. The summed E-state index contributed by atoms with van der Waals surface area (Å²) in [5, 5.41) is 0. The SMILES string of the molecule is CC=CC(=O)CC(C)(C)CC=O. The molecule has 0 atom stereocenters. The molecular weight excluding hydrogens is 152 g/mol. The molecule has 0 radical (unpaired) electrons. The minimum atomic E-state index is -0.196. The Balaban J connectivity index is 4.04. The summed E-state index contributed by atoms with van der Waals surface area (Å²) < 4.78 is 0. The molecule has 0 unspecified atom stereocenters. The second-order valence-electron chi connectivity index (χ2n) is 3.68. The molecule has 0 aromatic rings. The highest BCUT2D eigenvalue weighted by Gasteiger charge is 2.19. The van der Waals surface area contributed by atoms with E-state index < -0.39 is 0 Å². The first-order valence-electron chi connectivity index (χ1n) is 4.11. The van der Waals surface area contributed by atoms with Crippen molar-refractivity contribution < 1.29 is 9.59 Å². The van der Waals surface area contributed by atoms with Gasteiger partial charge in [0.05, 0.1) is 0 Å². The van der Waals surface area contributed by atoms with E-state index in [1.54, 1.807) is 12.2 Å². The first kappa shape index (κ1) is 11.1. The van der Waals surface area contributed by atoms with Crippen LogP contribution in [0.15, 0.2) is 12.2 Å². The van der Waals surface area contributed by atoms with Crippen LogP contribution in [0.2, 0.25) is 0 Å². The van der Waals surface area contributed by atoms with Crippen LogP contribution in [0.3, 0.4) is 0 Å². The highest BCUT2D eigenvalue weighted by atomic mass is 16.1. The highest BCUT2D eigenvalue weighted by molar-refractivity contribution is 5.90. The van der Waals surface area contributed by atoms with Crippen LogP contribution in [-0.4, -0.2) is 12.1 Å². The molecule has 0 aliphatic rings. The summed E-state index contributed by atoms with van der Waals surface area (Å²) in [4.78, 5) is 21.4. The van der Waals surface area contributed by atoms with Crippen LogP contribution in [0, 0.1) is 5.41 Å². The summed E-state index contributed by atoms with van der Waals surface area (Å²) in [6.07, 6.45) is 5.02. The molecule has 0 N–H and O–H groups in total. The highest BCUT2D eigenvalue weighted by Crippen LogP contribution is 2.23. The van der Waals surface area contributed by atoms with Crippen molar-refractivity contribution >= 4 is 12.1 Å². The molecule has 0 saturated heterocycles. The van der Waals surface area contributed by atoms with E-state index in [0.29, 0.717) is 12.8 Å². The zero-order chi connectivity index (χ0) is 9.61. The van der Waals surface area contributed by atoms with Gasteiger partial charge in [0.2, 0.25) is 0 Å². The van der Waals surface area contributed by atoms with Crippen molar-refractivity contribution in [1.82, 2.24) is 0 Å². The third-order valence-electron chi connectivity index (χ3n) is 1.64. The van der Waals surface area contributed by atoms with E-state index in [1.807, 2.05) is 20.8 Å². The van der Waals surface area contributed by atoms with Crippen LogP contribution in [0.1, 0.15) is 33.6 Å². The van der Waals surface area contributed by atoms with Crippen molar-refractivity contribution in [3.63, 3.8) is 0 Å². The number of ketones is 1. The number of rotatable bonds is 5. The largest absolute Gasteiger partial charge is 0.303 e. The Hall–Kier alpha value is -0.920. The van der Waals surface area contributed by atoms with Gasteiger partial charge < -0.3 is 4.79 Å². The minimum Gasteiger partial charge on any atom is -0.303 e. The predicted molar refractivity (Wildman–Crippen MR) is 48.9 cm³/mol. The van der Waals surface area contributed by atoms with Crippen molar-refractivity contribution in [2.75, 3.05) is 0 Å². The van der Waals surface area contributed by atoms with Crippen molar-refractivity contribution in [3.05, 3.63) is 12.2 Å². The third-order valence-corrected chi connectivity index (χ3v) is 1.64. The Bertz CT molecular complexity index is 190. The van der Waals surface area contributed by atoms with E-state index in [9.17, 15) is 9.59 Å². The van der Waals surface area contributed by atoms with E-state index in [4.69, 9.17) is 0 Å². The Morgan fingerprint density at radius 1 is 1.42 bits per heavy atom. The van der Waals surface area contributed by atoms with Gasteiger partial charge in [-0.1, -0.05) is 19.9 Å². The standard InChI is InChI=1S/C10H16O2/c1-4-5-9(12)8-10(2,3)6-7-11/h4-5,7H,6,8H2,1-3H3. The molecule has 12 heavy (non-hydrogen) atoms. The van der Waals surface area contributed by atoms with Gasteiger partial charge >= 0.3 is 0 Å². The topological polar surface area (TPSA) is 34.1 Å². The van der Waals surface area contributed by atoms with Gasteiger partial charge in [0.15, 0.2) is 5.78 Å². The molecule has 68 valence electrons. The quantitative estimate of drug-likeness (QED) is 0.465. The second-order valence-corrected chi connectivity index (χ2v) is 3.68. The zero-order valence-electron chi connectivity index (χ0n) is 7.96. The number of carbonyl (C=O) groups excluding carboxylic acids is 2. The summed E-state index contributed by atoms with van der Waals surface area (Å²) >= 11 is 0. The Kier molecular flexibility index (Phi) is 4.49. The maximum Gasteiger partial charge on any atom is 0.155 e. The van der Waals surface area contributed by atoms with E-state index in [1.165, 1.54) is 0 Å². The Morgan fingerprint density at radius 2 is 2.00 bits per heavy atom. The molecule has 0 fully saturated rings. The lowest BCUT2D eigenvalue weighted by Gasteiger charge is -2.19. The summed E-state index contributed by atoms with van der Waals surface area (Å²) in [6.45, 7) is 5.65. The van der Waals surface area contributed by atoms with E-state index >= 15 is 0 Å². The molecule has 2 nitrogen and oxygen atoms in total. The fourth-order valence-corrected chi connectivity index (χ4v) is 1.01. The van der Waals surface area contributed by atoms with Crippen molar-refractivity contribution in [2.45, 2.75) is 33.6 Å². The number of aldehydes is 1. The van der Waals surface area contributed by atoms with Crippen LogP contribution in [0.4, 0.5) is 0 Å². The lowest BCUT2D eigenvalue weighted by Crippen LogP contribution is -2.16. The van der Waals surface area contributed by atoms with Gasteiger partial charge in [-0.05, 0) is 18.4 Å². The monoisotopic (exact) mass is 168 g/mol. The number of allylic oxidation sites excluding steroid dienone is 2. The minimum absolute atomic E-state index is 0.0874. The van der Waals surface area contributed by atoms with Crippen LogP contribution in [0.25, 0.3) is 0 Å². The molecular formula is C10H16O2. The average molecular weight is 168 g/mol. The van der Waals surface area contributed by atoms with Gasteiger partial charge in [-0.15, -0.1) is 0 Å². The van der Waals surface area contributed by atoms with Gasteiger partial charge in [-0.25, -0.2) is 0 Å². The molecule has 0 spiro atoms. The smallest absolute Gasteiger partial charge is 0.155 e. The summed E-state index contributed by atoms with van der Waals surface area (Å²) in [5.41, 5.74) is -0.196. The maximum absolute atomic E-state index is 11.1. The van der Waals surface area contributed by atoms with Crippen LogP contribution >= 0.6 is 0 Å². The zero-order valence-corrected chi connectivity index (χ0v) is 7.96. The van der Waals surface area contributed by atoms with E-state index in [0.717, 1.165) is 6.29 Å². The summed E-state index contributed by atoms with van der Waals surface area (Å²) in [6, 6.07) is 0. The van der Waals surface area contributed by atoms with Crippen molar-refractivity contribution in [3.8, 4) is 0 Å². The first-order chi connectivity index (χ1) is 5.52. The van der Waals surface area contributed by atoms with Gasteiger partial charge in [0, 0.05) is 12.8 Å². The van der Waals surface area contributed by atoms with Gasteiger partial charge in [0.25, 0.3) is 0 Å². The molecule has 0 amide bonds. The molecule has 0 bridgehead atoms. The molecule has 0 aromatic heterocycles. The van der Waals surface area contributed by atoms with Gasteiger partial charge in [-0.3, -0.25) is 4.79 Å². The maximum atomic E-state index is 11.1. The van der Waals surface area contributed by atoms with Gasteiger partial charge in [-0.2, -0.15) is 0 Å². The van der Waals surface area contributed by atoms with E-state index in [2.05, 4.69) is 0 Å². The molecule has 0 aliphatic heterocycles. The molecule has 0 heterocycles. The fourth-order valence-electron chi connectivity index (χ4n) is 1.01.